The number of carbonyl (C=O) groups excluding carboxylic acids is 3. The predicted molar refractivity (Wildman–Crippen MR) is 77.0 cm³/mol. The van der Waals surface area contributed by atoms with E-state index in [1.165, 1.54) is 12.2 Å². The zero-order chi connectivity index (χ0) is 15.2. The Morgan fingerprint density at radius 1 is 0.700 bits per heavy atom. The standard InChI is InChI=1S/C13H22N4O3/c1-3-11(18)14-7-5-9-16-13(20)17-10-6-8-15-12(19)4-2/h3-4H,1-2,5-10H2,(H,14,18)(H,15,19)(H2,16,17,20). The second-order valence-electron chi connectivity index (χ2n) is 3.88. The molecule has 0 saturated carbocycles. The molecule has 7 nitrogen and oxygen atoms in total. The van der Waals surface area contributed by atoms with Gasteiger partial charge in [-0.05, 0) is 25.0 Å². The highest BCUT2D eigenvalue weighted by atomic mass is 16.2. The van der Waals surface area contributed by atoms with Crippen LogP contribution in [-0.2, 0) is 9.59 Å². The predicted octanol–water partition coefficient (Wildman–Crippen LogP) is -0.330. The number of hydrogen-bond acceptors (Lipinski definition) is 3. The largest absolute Gasteiger partial charge is 0.353 e. The van der Waals surface area contributed by atoms with Crippen LogP contribution in [0.1, 0.15) is 12.8 Å². The third kappa shape index (κ3) is 10.8. The second-order valence-corrected chi connectivity index (χ2v) is 3.88. The molecule has 0 bridgehead atoms. The molecule has 4 amide bonds. The summed E-state index contributed by atoms with van der Waals surface area (Å²) < 4.78 is 0. The van der Waals surface area contributed by atoms with Gasteiger partial charge in [-0.1, -0.05) is 13.2 Å². The van der Waals surface area contributed by atoms with Gasteiger partial charge in [0, 0.05) is 26.2 Å². The minimum Gasteiger partial charge on any atom is -0.353 e. The van der Waals surface area contributed by atoms with E-state index in [1.54, 1.807) is 0 Å². The van der Waals surface area contributed by atoms with E-state index >= 15 is 0 Å². The topological polar surface area (TPSA) is 99.3 Å². The van der Waals surface area contributed by atoms with E-state index in [0.29, 0.717) is 39.0 Å². The lowest BCUT2D eigenvalue weighted by molar-refractivity contribution is -0.117. The van der Waals surface area contributed by atoms with E-state index in [4.69, 9.17) is 0 Å². The Kier molecular flexibility index (Phi) is 10.4. The fraction of sp³-hybridized carbons (Fsp3) is 0.462. The highest BCUT2D eigenvalue weighted by Crippen LogP contribution is 1.78. The van der Waals surface area contributed by atoms with Gasteiger partial charge in [0.2, 0.25) is 11.8 Å². The van der Waals surface area contributed by atoms with Gasteiger partial charge >= 0.3 is 6.03 Å². The van der Waals surface area contributed by atoms with Gasteiger partial charge in [0.05, 0.1) is 0 Å². The van der Waals surface area contributed by atoms with Crippen molar-refractivity contribution in [2.45, 2.75) is 12.8 Å². The summed E-state index contributed by atoms with van der Waals surface area (Å²) in [4.78, 5) is 33.0. The van der Waals surface area contributed by atoms with Crippen LogP contribution in [0.15, 0.2) is 25.3 Å². The Labute approximate surface area is 118 Å². The third-order valence-corrected chi connectivity index (χ3v) is 2.25. The molecule has 7 heteroatoms. The molecule has 0 aromatic heterocycles. The van der Waals surface area contributed by atoms with Gasteiger partial charge < -0.3 is 21.3 Å². The Morgan fingerprint density at radius 2 is 1.05 bits per heavy atom. The van der Waals surface area contributed by atoms with Crippen LogP contribution in [0.4, 0.5) is 4.79 Å². The minimum atomic E-state index is -0.268. The van der Waals surface area contributed by atoms with Gasteiger partial charge in [0.15, 0.2) is 0 Å². The molecule has 0 aromatic carbocycles. The van der Waals surface area contributed by atoms with Crippen LogP contribution >= 0.6 is 0 Å². The minimum absolute atomic E-state index is 0.226. The number of rotatable bonds is 10. The average Bonchev–Trinajstić information content (AvgIpc) is 2.45. The summed E-state index contributed by atoms with van der Waals surface area (Å²) in [6.45, 7) is 8.57. The quantitative estimate of drug-likeness (QED) is 0.326. The molecule has 0 fully saturated rings. The van der Waals surface area contributed by atoms with Crippen LogP contribution in [0, 0.1) is 0 Å². The van der Waals surface area contributed by atoms with E-state index in [-0.39, 0.29) is 17.8 Å². The molecule has 0 aliphatic carbocycles. The van der Waals surface area contributed by atoms with Crippen molar-refractivity contribution in [1.82, 2.24) is 21.3 Å². The number of urea groups is 1. The first-order chi connectivity index (χ1) is 9.60. The number of nitrogens with one attached hydrogen (secondary N) is 4. The molecule has 0 aliphatic heterocycles. The monoisotopic (exact) mass is 282 g/mol. The van der Waals surface area contributed by atoms with Gasteiger partial charge in [0.1, 0.15) is 0 Å². The van der Waals surface area contributed by atoms with Crippen molar-refractivity contribution < 1.29 is 14.4 Å². The van der Waals surface area contributed by atoms with Crippen molar-refractivity contribution in [3.8, 4) is 0 Å². The molecule has 0 saturated heterocycles. The first-order valence-corrected chi connectivity index (χ1v) is 6.42. The lowest BCUT2D eigenvalue weighted by atomic mass is 10.4. The molecule has 0 aliphatic rings. The first-order valence-electron chi connectivity index (χ1n) is 6.42. The van der Waals surface area contributed by atoms with E-state index < -0.39 is 0 Å². The van der Waals surface area contributed by atoms with Crippen LogP contribution in [0.5, 0.6) is 0 Å². The van der Waals surface area contributed by atoms with E-state index in [1.807, 2.05) is 0 Å². The maximum absolute atomic E-state index is 11.3. The van der Waals surface area contributed by atoms with Gasteiger partial charge in [0.25, 0.3) is 0 Å². The molecular formula is C13H22N4O3. The van der Waals surface area contributed by atoms with Crippen LogP contribution in [0.2, 0.25) is 0 Å². The SMILES string of the molecule is C=CC(=O)NCCCNC(=O)NCCCNC(=O)C=C. The molecule has 0 aromatic rings. The van der Waals surface area contributed by atoms with E-state index in [9.17, 15) is 14.4 Å². The highest BCUT2D eigenvalue weighted by molar-refractivity contribution is 5.87. The molecule has 112 valence electrons. The number of carbonyl (C=O) groups is 3. The van der Waals surface area contributed by atoms with Crippen molar-refractivity contribution in [1.29, 1.82) is 0 Å². The summed E-state index contributed by atoms with van der Waals surface area (Å²) in [6, 6.07) is -0.268. The lowest BCUT2D eigenvalue weighted by Gasteiger charge is -2.08. The average molecular weight is 282 g/mol. The summed E-state index contributed by atoms with van der Waals surface area (Å²) in [6.07, 6.45) is 3.68. The molecule has 0 spiro atoms. The molecule has 20 heavy (non-hydrogen) atoms. The summed E-state index contributed by atoms with van der Waals surface area (Å²) >= 11 is 0. The van der Waals surface area contributed by atoms with Crippen LogP contribution in [-0.4, -0.2) is 44.0 Å². The molecule has 0 unspecified atom stereocenters. The second kappa shape index (κ2) is 11.8. The van der Waals surface area contributed by atoms with Crippen molar-refractivity contribution in [3.05, 3.63) is 25.3 Å². The maximum Gasteiger partial charge on any atom is 0.314 e. The summed E-state index contributed by atoms with van der Waals surface area (Å²) in [7, 11) is 0. The van der Waals surface area contributed by atoms with Gasteiger partial charge in [-0.3, -0.25) is 9.59 Å². The fourth-order valence-corrected chi connectivity index (χ4v) is 1.21. The number of amides is 4. The molecule has 0 rings (SSSR count). The first kappa shape index (κ1) is 17.7. The smallest absolute Gasteiger partial charge is 0.314 e. The molecule has 0 atom stereocenters. The van der Waals surface area contributed by atoms with Gasteiger partial charge in [-0.25, -0.2) is 4.79 Å². The van der Waals surface area contributed by atoms with Crippen LogP contribution < -0.4 is 21.3 Å². The maximum atomic E-state index is 11.3. The normalized spacial score (nSPS) is 9.20. The summed E-state index contributed by atoms with van der Waals surface area (Å²) in [5.74, 6) is -0.452. The lowest BCUT2D eigenvalue weighted by Crippen LogP contribution is -2.38. The highest BCUT2D eigenvalue weighted by Gasteiger charge is 1.99. The molecule has 4 N–H and O–H groups in total. The molecule has 0 radical (unpaired) electrons. The van der Waals surface area contributed by atoms with Crippen LogP contribution in [0.3, 0.4) is 0 Å². The number of hydrogen-bond donors (Lipinski definition) is 4. The van der Waals surface area contributed by atoms with Crippen molar-refractivity contribution in [2.75, 3.05) is 26.2 Å². The molecule has 0 heterocycles. The molecular weight excluding hydrogens is 260 g/mol. The van der Waals surface area contributed by atoms with Crippen molar-refractivity contribution in [3.63, 3.8) is 0 Å². The summed E-state index contributed by atoms with van der Waals surface area (Å²) in [5.41, 5.74) is 0. The fourth-order valence-electron chi connectivity index (χ4n) is 1.21. The Morgan fingerprint density at radius 3 is 1.40 bits per heavy atom. The Bertz CT molecular complexity index is 324. The third-order valence-electron chi connectivity index (χ3n) is 2.25. The zero-order valence-corrected chi connectivity index (χ0v) is 11.5. The van der Waals surface area contributed by atoms with Crippen molar-refractivity contribution >= 4 is 17.8 Å². The van der Waals surface area contributed by atoms with Crippen LogP contribution in [0.25, 0.3) is 0 Å². The van der Waals surface area contributed by atoms with Crippen molar-refractivity contribution in [2.24, 2.45) is 0 Å². The van der Waals surface area contributed by atoms with Gasteiger partial charge in [-0.2, -0.15) is 0 Å². The zero-order valence-electron chi connectivity index (χ0n) is 11.5. The Balaban J connectivity index is 3.37. The van der Waals surface area contributed by atoms with E-state index in [2.05, 4.69) is 34.4 Å². The van der Waals surface area contributed by atoms with Gasteiger partial charge in [-0.15, -0.1) is 0 Å². The van der Waals surface area contributed by atoms with E-state index in [0.717, 1.165) is 0 Å². The Hall–Kier alpha value is -2.31. The summed E-state index contributed by atoms with van der Waals surface area (Å²) in [5, 5.41) is 10.5.